The zero-order valence-corrected chi connectivity index (χ0v) is 11.3. The van der Waals surface area contributed by atoms with Crippen molar-refractivity contribution in [3.63, 3.8) is 0 Å². The Morgan fingerprint density at radius 1 is 1.05 bits per heavy atom. The molecule has 0 radical (unpaired) electrons. The lowest BCUT2D eigenvalue weighted by atomic mass is 10.1. The van der Waals surface area contributed by atoms with Crippen LogP contribution >= 0.6 is 0 Å². The van der Waals surface area contributed by atoms with Crippen LogP contribution in [0.3, 0.4) is 0 Å². The number of hydrogen-bond acceptors (Lipinski definition) is 4. The van der Waals surface area contributed by atoms with Crippen LogP contribution in [0.4, 0.5) is 5.69 Å². The number of anilines is 1. The summed E-state index contributed by atoms with van der Waals surface area (Å²) in [7, 11) is 0. The number of carboxylic acid groups (broad SMARTS) is 1. The number of carbonyl (C=O) groups excluding carboxylic acids is 1. The second-order valence-corrected chi connectivity index (χ2v) is 4.45. The van der Waals surface area contributed by atoms with Crippen molar-refractivity contribution in [1.82, 2.24) is 0 Å². The summed E-state index contributed by atoms with van der Waals surface area (Å²) in [5, 5.41) is 9.08. The Morgan fingerprint density at radius 3 is 2.43 bits per heavy atom. The zero-order chi connectivity index (χ0) is 15.2. The molecular weight excluding hydrogens is 270 g/mol. The van der Waals surface area contributed by atoms with E-state index in [4.69, 9.17) is 15.6 Å². The summed E-state index contributed by atoms with van der Waals surface area (Å²) >= 11 is 0. The largest absolute Gasteiger partial charge is 0.478 e. The van der Waals surface area contributed by atoms with Gasteiger partial charge < -0.3 is 15.6 Å². The number of benzene rings is 2. The first-order valence-corrected chi connectivity index (χ1v) is 6.42. The van der Waals surface area contributed by atoms with Crippen LogP contribution < -0.4 is 5.73 Å². The van der Waals surface area contributed by atoms with E-state index in [2.05, 4.69) is 0 Å². The van der Waals surface area contributed by atoms with Crippen LogP contribution in [0.1, 0.15) is 26.3 Å². The van der Waals surface area contributed by atoms with Gasteiger partial charge in [0.2, 0.25) is 0 Å². The molecule has 0 aliphatic rings. The van der Waals surface area contributed by atoms with Crippen molar-refractivity contribution in [1.29, 1.82) is 0 Å². The molecule has 3 N–H and O–H groups in total. The summed E-state index contributed by atoms with van der Waals surface area (Å²) in [6.07, 6.45) is 0.557. The van der Waals surface area contributed by atoms with E-state index in [1.54, 1.807) is 0 Å². The Bertz CT molecular complexity index is 653. The first-order valence-electron chi connectivity index (χ1n) is 6.42. The van der Waals surface area contributed by atoms with Gasteiger partial charge in [0, 0.05) is 12.1 Å². The molecule has 2 rings (SSSR count). The van der Waals surface area contributed by atoms with Crippen LogP contribution in [0, 0.1) is 0 Å². The lowest BCUT2D eigenvalue weighted by molar-refractivity contribution is 0.0499. The lowest BCUT2D eigenvalue weighted by Gasteiger charge is -2.09. The SMILES string of the molecule is Nc1cccc(C(=O)O)c1C(=O)OCCc1ccccc1. The van der Waals surface area contributed by atoms with E-state index < -0.39 is 11.9 Å². The first kappa shape index (κ1) is 14.6. The molecule has 0 amide bonds. The molecule has 0 saturated carbocycles. The normalized spacial score (nSPS) is 10.1. The molecule has 0 saturated heterocycles. The highest BCUT2D eigenvalue weighted by Crippen LogP contribution is 2.18. The quantitative estimate of drug-likeness (QED) is 0.650. The van der Waals surface area contributed by atoms with E-state index in [1.165, 1.54) is 18.2 Å². The average Bonchev–Trinajstić information content (AvgIpc) is 2.47. The average molecular weight is 285 g/mol. The fourth-order valence-electron chi connectivity index (χ4n) is 1.95. The van der Waals surface area contributed by atoms with E-state index in [1.807, 2.05) is 30.3 Å². The molecule has 0 aliphatic carbocycles. The van der Waals surface area contributed by atoms with Gasteiger partial charge in [-0.05, 0) is 17.7 Å². The molecule has 0 atom stereocenters. The predicted octanol–water partition coefficient (Wildman–Crippen LogP) is 2.37. The minimum atomic E-state index is -1.21. The summed E-state index contributed by atoms with van der Waals surface area (Å²) in [4.78, 5) is 23.1. The maximum atomic E-state index is 12.0. The number of carbonyl (C=O) groups is 2. The maximum absolute atomic E-state index is 12.0. The number of esters is 1. The molecule has 0 aromatic heterocycles. The molecular formula is C16H15NO4. The minimum Gasteiger partial charge on any atom is -0.478 e. The first-order chi connectivity index (χ1) is 10.1. The van der Waals surface area contributed by atoms with Crippen LogP contribution in [-0.4, -0.2) is 23.7 Å². The third kappa shape index (κ3) is 3.60. The third-order valence-corrected chi connectivity index (χ3v) is 3.00. The zero-order valence-electron chi connectivity index (χ0n) is 11.3. The molecule has 108 valence electrons. The topological polar surface area (TPSA) is 89.6 Å². The maximum Gasteiger partial charge on any atom is 0.341 e. The summed E-state index contributed by atoms with van der Waals surface area (Å²) < 4.78 is 5.12. The molecule has 0 fully saturated rings. The van der Waals surface area contributed by atoms with Crippen LogP contribution in [0.2, 0.25) is 0 Å². The van der Waals surface area contributed by atoms with E-state index >= 15 is 0 Å². The molecule has 5 heteroatoms. The third-order valence-electron chi connectivity index (χ3n) is 3.00. The van der Waals surface area contributed by atoms with Crippen molar-refractivity contribution in [2.24, 2.45) is 0 Å². The van der Waals surface area contributed by atoms with Gasteiger partial charge in [0.1, 0.15) is 0 Å². The Kier molecular flexibility index (Phi) is 4.56. The number of ether oxygens (including phenoxy) is 1. The molecule has 0 unspecified atom stereocenters. The highest BCUT2D eigenvalue weighted by atomic mass is 16.5. The highest BCUT2D eigenvalue weighted by Gasteiger charge is 2.20. The Morgan fingerprint density at radius 2 is 1.76 bits per heavy atom. The molecule has 2 aromatic carbocycles. The molecule has 2 aromatic rings. The Hall–Kier alpha value is -2.82. The number of aromatic carboxylic acids is 1. The van der Waals surface area contributed by atoms with Crippen molar-refractivity contribution >= 4 is 17.6 Å². The molecule has 0 bridgehead atoms. The molecule has 21 heavy (non-hydrogen) atoms. The fraction of sp³-hybridized carbons (Fsp3) is 0.125. The minimum absolute atomic E-state index is 0.0969. The number of carboxylic acids is 1. The van der Waals surface area contributed by atoms with Crippen LogP contribution in [0.5, 0.6) is 0 Å². The number of hydrogen-bond donors (Lipinski definition) is 2. The highest BCUT2D eigenvalue weighted by molar-refractivity contribution is 6.06. The lowest BCUT2D eigenvalue weighted by Crippen LogP contribution is -2.15. The van der Waals surface area contributed by atoms with Gasteiger partial charge in [-0.25, -0.2) is 9.59 Å². The van der Waals surface area contributed by atoms with Gasteiger partial charge in [-0.2, -0.15) is 0 Å². The van der Waals surface area contributed by atoms with E-state index in [-0.39, 0.29) is 23.4 Å². The van der Waals surface area contributed by atoms with Gasteiger partial charge in [0.15, 0.2) is 0 Å². The molecule has 0 aliphatic heterocycles. The van der Waals surface area contributed by atoms with Crippen molar-refractivity contribution in [3.05, 3.63) is 65.2 Å². The van der Waals surface area contributed by atoms with Gasteiger partial charge in [0.05, 0.1) is 17.7 Å². The fourth-order valence-corrected chi connectivity index (χ4v) is 1.95. The second-order valence-electron chi connectivity index (χ2n) is 4.45. The molecule has 0 spiro atoms. The summed E-state index contributed by atoms with van der Waals surface area (Å²) in [5.74, 6) is -1.93. The smallest absolute Gasteiger partial charge is 0.341 e. The Labute approximate surface area is 122 Å². The van der Waals surface area contributed by atoms with Crippen LogP contribution in [-0.2, 0) is 11.2 Å². The van der Waals surface area contributed by atoms with E-state index in [9.17, 15) is 9.59 Å². The van der Waals surface area contributed by atoms with Crippen LogP contribution in [0.25, 0.3) is 0 Å². The molecule has 0 heterocycles. The van der Waals surface area contributed by atoms with Crippen molar-refractivity contribution in [3.8, 4) is 0 Å². The van der Waals surface area contributed by atoms with Crippen LogP contribution in [0.15, 0.2) is 48.5 Å². The predicted molar refractivity (Wildman–Crippen MR) is 78.2 cm³/mol. The van der Waals surface area contributed by atoms with Crippen molar-refractivity contribution in [2.75, 3.05) is 12.3 Å². The summed E-state index contributed by atoms with van der Waals surface area (Å²) in [6.45, 7) is 0.163. The molecule has 5 nitrogen and oxygen atoms in total. The Balaban J connectivity index is 2.06. The van der Waals surface area contributed by atoms with Crippen molar-refractivity contribution < 1.29 is 19.4 Å². The van der Waals surface area contributed by atoms with E-state index in [0.29, 0.717) is 6.42 Å². The second kappa shape index (κ2) is 6.56. The monoisotopic (exact) mass is 285 g/mol. The number of rotatable bonds is 5. The number of nitrogen functional groups attached to an aromatic ring is 1. The number of nitrogens with two attached hydrogens (primary N) is 1. The summed E-state index contributed by atoms with van der Waals surface area (Å²) in [6, 6.07) is 13.8. The van der Waals surface area contributed by atoms with Gasteiger partial charge in [0.25, 0.3) is 0 Å². The van der Waals surface area contributed by atoms with Crippen molar-refractivity contribution in [2.45, 2.75) is 6.42 Å². The van der Waals surface area contributed by atoms with Gasteiger partial charge >= 0.3 is 11.9 Å². The van der Waals surface area contributed by atoms with Gasteiger partial charge in [-0.3, -0.25) is 0 Å². The standard InChI is InChI=1S/C16H15NO4/c17-13-8-4-7-12(15(18)19)14(13)16(20)21-10-9-11-5-2-1-3-6-11/h1-8H,9-10,17H2,(H,18,19). The van der Waals surface area contributed by atoms with Gasteiger partial charge in [-0.1, -0.05) is 36.4 Å². The van der Waals surface area contributed by atoms with E-state index in [0.717, 1.165) is 5.56 Å². The summed E-state index contributed by atoms with van der Waals surface area (Å²) in [5.41, 5.74) is 6.56. The van der Waals surface area contributed by atoms with Gasteiger partial charge in [-0.15, -0.1) is 0 Å².